The Bertz CT molecular complexity index is 361. The van der Waals surface area contributed by atoms with Gasteiger partial charge in [-0.2, -0.15) is 0 Å². The Balaban J connectivity index is 1.85. The zero-order valence-corrected chi connectivity index (χ0v) is 12.6. The molecule has 0 amide bonds. The highest BCUT2D eigenvalue weighted by molar-refractivity contribution is 5.08. The third-order valence-corrected chi connectivity index (χ3v) is 4.20. The predicted molar refractivity (Wildman–Crippen MR) is 81.0 cm³/mol. The molecule has 0 aliphatic heterocycles. The molecule has 106 valence electrons. The van der Waals surface area contributed by atoms with Crippen LogP contribution in [0.4, 0.5) is 0 Å². The highest BCUT2D eigenvalue weighted by Gasteiger charge is 2.23. The van der Waals surface area contributed by atoms with Crippen molar-refractivity contribution in [3.05, 3.63) is 30.1 Å². The first kappa shape index (κ1) is 14.5. The van der Waals surface area contributed by atoms with Crippen molar-refractivity contribution in [2.45, 2.75) is 65.0 Å². The lowest BCUT2D eigenvalue weighted by Crippen LogP contribution is -2.36. The van der Waals surface area contributed by atoms with E-state index in [1.807, 2.05) is 12.3 Å². The Hall–Kier alpha value is -0.890. The molecule has 0 saturated heterocycles. The zero-order chi connectivity index (χ0) is 13.7. The number of pyridine rings is 1. The lowest BCUT2D eigenvalue weighted by Gasteiger charge is -2.32. The molecule has 1 aromatic heterocycles. The van der Waals surface area contributed by atoms with E-state index < -0.39 is 0 Å². The Labute approximate surface area is 118 Å². The van der Waals surface area contributed by atoms with E-state index in [0.717, 1.165) is 17.5 Å². The van der Waals surface area contributed by atoms with Gasteiger partial charge >= 0.3 is 0 Å². The van der Waals surface area contributed by atoms with Gasteiger partial charge in [-0.15, -0.1) is 0 Å². The van der Waals surface area contributed by atoms with Gasteiger partial charge in [0.05, 0.1) is 5.69 Å². The average molecular weight is 260 g/mol. The molecule has 1 fully saturated rings. The fourth-order valence-electron chi connectivity index (χ4n) is 3.39. The first-order chi connectivity index (χ1) is 9.15. The van der Waals surface area contributed by atoms with E-state index in [-0.39, 0.29) is 0 Å². The highest BCUT2D eigenvalue weighted by atomic mass is 15.0. The van der Waals surface area contributed by atoms with Gasteiger partial charge in [0, 0.05) is 18.3 Å². The van der Waals surface area contributed by atoms with Crippen LogP contribution >= 0.6 is 0 Å². The molecule has 3 atom stereocenters. The number of aromatic nitrogens is 1. The van der Waals surface area contributed by atoms with E-state index in [2.05, 4.69) is 43.2 Å². The van der Waals surface area contributed by atoms with Crippen LogP contribution in [0.3, 0.4) is 0 Å². The highest BCUT2D eigenvalue weighted by Crippen LogP contribution is 2.30. The zero-order valence-electron chi connectivity index (χ0n) is 12.6. The van der Waals surface area contributed by atoms with Crippen LogP contribution in [0, 0.1) is 11.8 Å². The third-order valence-electron chi connectivity index (χ3n) is 4.20. The Kier molecular flexibility index (Phi) is 5.38. The van der Waals surface area contributed by atoms with Crippen LogP contribution in [0.5, 0.6) is 0 Å². The maximum atomic E-state index is 4.45. The minimum Gasteiger partial charge on any atom is -0.306 e. The molecule has 0 spiro atoms. The van der Waals surface area contributed by atoms with Crippen molar-refractivity contribution in [2.75, 3.05) is 0 Å². The molecule has 2 unspecified atom stereocenters. The van der Waals surface area contributed by atoms with Crippen LogP contribution in [0.2, 0.25) is 0 Å². The Morgan fingerprint density at radius 1 is 1.26 bits per heavy atom. The van der Waals surface area contributed by atoms with Gasteiger partial charge in [0.1, 0.15) is 0 Å². The average Bonchev–Trinajstić information content (AvgIpc) is 2.39. The van der Waals surface area contributed by atoms with Crippen molar-refractivity contribution in [3.8, 4) is 0 Å². The summed E-state index contributed by atoms with van der Waals surface area (Å²) in [6.45, 7) is 6.91. The van der Waals surface area contributed by atoms with Gasteiger partial charge in [-0.1, -0.05) is 32.8 Å². The van der Waals surface area contributed by atoms with Gasteiger partial charge in [-0.25, -0.2) is 0 Å². The van der Waals surface area contributed by atoms with Gasteiger partial charge in [-0.05, 0) is 50.2 Å². The first-order valence-electron chi connectivity index (χ1n) is 7.82. The number of hydrogen-bond donors (Lipinski definition) is 1. The van der Waals surface area contributed by atoms with Crippen molar-refractivity contribution in [1.29, 1.82) is 0 Å². The normalized spacial score (nSPS) is 25.5. The molecule has 0 aromatic carbocycles. The molecule has 19 heavy (non-hydrogen) atoms. The number of nitrogens with zero attached hydrogens (tertiary/aromatic N) is 1. The summed E-state index contributed by atoms with van der Waals surface area (Å²) in [7, 11) is 0. The van der Waals surface area contributed by atoms with Gasteiger partial charge in [0.25, 0.3) is 0 Å². The monoisotopic (exact) mass is 260 g/mol. The minimum atomic E-state index is 0.365. The third kappa shape index (κ3) is 4.61. The molecule has 1 N–H and O–H groups in total. The summed E-state index contributed by atoms with van der Waals surface area (Å²) >= 11 is 0. The summed E-state index contributed by atoms with van der Waals surface area (Å²) < 4.78 is 0. The minimum absolute atomic E-state index is 0.365. The summed E-state index contributed by atoms with van der Waals surface area (Å²) in [4.78, 5) is 4.45. The van der Waals surface area contributed by atoms with Crippen LogP contribution in [-0.2, 0) is 0 Å². The van der Waals surface area contributed by atoms with E-state index in [9.17, 15) is 0 Å². The molecule has 0 radical (unpaired) electrons. The van der Waals surface area contributed by atoms with Gasteiger partial charge in [0.2, 0.25) is 0 Å². The van der Waals surface area contributed by atoms with Crippen LogP contribution in [0.1, 0.15) is 64.6 Å². The SMILES string of the molecule is CC(C)CC1CCCC(N[C@H](C)c2ccccn2)C1. The lowest BCUT2D eigenvalue weighted by molar-refractivity contribution is 0.242. The van der Waals surface area contributed by atoms with E-state index in [1.54, 1.807) is 0 Å². The second kappa shape index (κ2) is 7.04. The molecule has 1 heterocycles. The van der Waals surface area contributed by atoms with Crippen LogP contribution in [0.15, 0.2) is 24.4 Å². The maximum Gasteiger partial charge on any atom is 0.0570 e. The summed E-state index contributed by atoms with van der Waals surface area (Å²) in [6.07, 6.45) is 8.74. The lowest BCUT2D eigenvalue weighted by atomic mass is 9.81. The molecule has 0 bridgehead atoms. The van der Waals surface area contributed by atoms with Crippen LogP contribution in [0.25, 0.3) is 0 Å². The van der Waals surface area contributed by atoms with Crippen LogP contribution < -0.4 is 5.32 Å². The molecule has 2 nitrogen and oxygen atoms in total. The Morgan fingerprint density at radius 3 is 2.79 bits per heavy atom. The fourth-order valence-corrected chi connectivity index (χ4v) is 3.39. The number of hydrogen-bond acceptors (Lipinski definition) is 2. The molecule has 1 aromatic rings. The second-order valence-corrected chi connectivity index (χ2v) is 6.50. The molecule has 1 aliphatic rings. The summed E-state index contributed by atoms with van der Waals surface area (Å²) in [5.74, 6) is 1.75. The molecular formula is C17H28N2. The van der Waals surface area contributed by atoms with E-state index >= 15 is 0 Å². The van der Waals surface area contributed by atoms with Crippen molar-refractivity contribution >= 4 is 0 Å². The second-order valence-electron chi connectivity index (χ2n) is 6.50. The van der Waals surface area contributed by atoms with Crippen LogP contribution in [-0.4, -0.2) is 11.0 Å². The van der Waals surface area contributed by atoms with E-state index in [1.165, 1.54) is 32.1 Å². The summed E-state index contributed by atoms with van der Waals surface area (Å²) in [5, 5.41) is 3.78. The van der Waals surface area contributed by atoms with Crippen molar-refractivity contribution < 1.29 is 0 Å². The molecule has 1 saturated carbocycles. The van der Waals surface area contributed by atoms with Crippen molar-refractivity contribution in [3.63, 3.8) is 0 Å². The van der Waals surface area contributed by atoms with E-state index in [4.69, 9.17) is 0 Å². The number of nitrogens with one attached hydrogen (secondary N) is 1. The van der Waals surface area contributed by atoms with Gasteiger partial charge < -0.3 is 5.32 Å². The quantitative estimate of drug-likeness (QED) is 0.852. The van der Waals surface area contributed by atoms with E-state index in [0.29, 0.717) is 12.1 Å². The smallest absolute Gasteiger partial charge is 0.0570 e. The summed E-state index contributed by atoms with van der Waals surface area (Å²) in [5.41, 5.74) is 1.16. The predicted octanol–water partition coefficient (Wildman–Crippen LogP) is 4.34. The largest absolute Gasteiger partial charge is 0.306 e. The topological polar surface area (TPSA) is 24.9 Å². The molecule has 1 aliphatic carbocycles. The summed E-state index contributed by atoms with van der Waals surface area (Å²) in [6, 6.07) is 7.21. The fraction of sp³-hybridized carbons (Fsp3) is 0.706. The Morgan fingerprint density at radius 2 is 2.11 bits per heavy atom. The number of rotatable bonds is 5. The molecule has 2 heteroatoms. The van der Waals surface area contributed by atoms with Gasteiger partial charge in [-0.3, -0.25) is 4.98 Å². The molecular weight excluding hydrogens is 232 g/mol. The molecule has 2 rings (SSSR count). The standard InChI is InChI=1S/C17H28N2/c1-13(2)11-15-7-6-8-16(12-15)19-14(3)17-9-4-5-10-18-17/h4-5,9-10,13-16,19H,6-8,11-12H2,1-3H3/t14-,15?,16?/m1/s1. The first-order valence-corrected chi connectivity index (χ1v) is 7.82. The van der Waals surface area contributed by atoms with Crippen molar-refractivity contribution in [1.82, 2.24) is 10.3 Å². The van der Waals surface area contributed by atoms with Gasteiger partial charge in [0.15, 0.2) is 0 Å². The van der Waals surface area contributed by atoms with Crippen molar-refractivity contribution in [2.24, 2.45) is 11.8 Å². The maximum absolute atomic E-state index is 4.45.